The molecule has 1 heterocycles. The lowest BCUT2D eigenvalue weighted by molar-refractivity contribution is -0.0440. The number of methoxy groups -OCH3 is 1. The zero-order valence-corrected chi connectivity index (χ0v) is 11.9. The summed E-state index contributed by atoms with van der Waals surface area (Å²) in [5.74, 6) is -0.0940. The Balaban J connectivity index is 2.17. The van der Waals surface area contributed by atoms with Crippen LogP contribution >= 0.6 is 11.6 Å². The maximum Gasteiger partial charge on any atom is 0.254 e. The zero-order chi connectivity index (χ0) is 14.0. The molecule has 0 aromatic heterocycles. The summed E-state index contributed by atoms with van der Waals surface area (Å²) in [6, 6.07) is 4.52. The van der Waals surface area contributed by atoms with Crippen molar-refractivity contribution in [1.82, 2.24) is 4.90 Å². The predicted molar refractivity (Wildman–Crippen MR) is 73.7 cm³/mol. The van der Waals surface area contributed by atoms with Crippen LogP contribution in [0.4, 0.5) is 0 Å². The number of rotatable bonds is 2. The number of amides is 1. The van der Waals surface area contributed by atoms with E-state index in [1.807, 2.05) is 6.92 Å². The monoisotopic (exact) mass is 283 g/mol. The number of phenols is 1. The molecule has 104 valence electrons. The van der Waals surface area contributed by atoms with Gasteiger partial charge in [0.25, 0.3) is 5.91 Å². The summed E-state index contributed by atoms with van der Waals surface area (Å²) in [6.07, 6.45) is 1.87. The standard InChI is InChI=1S/C14H18ClNO3/c1-14(19-2)6-3-7-16(9-14)13(18)10-4-5-12(17)11(15)8-10/h4-5,8,17H,3,6-7,9H2,1-2H3. The molecule has 1 fully saturated rings. The number of hydrogen-bond donors (Lipinski definition) is 1. The smallest absolute Gasteiger partial charge is 0.254 e. The van der Waals surface area contributed by atoms with Crippen molar-refractivity contribution in [2.24, 2.45) is 0 Å². The maximum atomic E-state index is 12.4. The van der Waals surface area contributed by atoms with Gasteiger partial charge in [0.05, 0.1) is 10.6 Å². The van der Waals surface area contributed by atoms with Crippen molar-refractivity contribution in [2.75, 3.05) is 20.2 Å². The lowest BCUT2D eigenvalue weighted by atomic mass is 9.94. The number of hydrogen-bond acceptors (Lipinski definition) is 3. The molecule has 2 rings (SSSR count). The number of piperidine rings is 1. The second kappa shape index (κ2) is 5.39. The Morgan fingerprint density at radius 3 is 2.89 bits per heavy atom. The number of carbonyl (C=O) groups excluding carboxylic acids is 1. The van der Waals surface area contributed by atoms with E-state index in [9.17, 15) is 9.90 Å². The van der Waals surface area contributed by atoms with Gasteiger partial charge in [0.15, 0.2) is 0 Å². The van der Waals surface area contributed by atoms with Gasteiger partial charge in [-0.3, -0.25) is 4.79 Å². The number of halogens is 1. The molecule has 1 unspecified atom stereocenters. The predicted octanol–water partition coefficient (Wildman–Crippen LogP) is 2.69. The molecule has 1 N–H and O–H groups in total. The maximum absolute atomic E-state index is 12.4. The number of ether oxygens (including phenoxy) is 1. The minimum atomic E-state index is -0.283. The van der Waals surface area contributed by atoms with Crippen LogP contribution in [-0.2, 0) is 4.74 Å². The van der Waals surface area contributed by atoms with Gasteiger partial charge in [-0.25, -0.2) is 0 Å². The molecule has 0 aliphatic carbocycles. The molecule has 1 aliphatic rings. The summed E-state index contributed by atoms with van der Waals surface area (Å²) in [6.45, 7) is 3.30. The SMILES string of the molecule is COC1(C)CCCN(C(=O)c2ccc(O)c(Cl)c2)C1. The van der Waals surface area contributed by atoms with Crippen molar-refractivity contribution in [2.45, 2.75) is 25.4 Å². The van der Waals surface area contributed by atoms with E-state index in [0.29, 0.717) is 12.1 Å². The third kappa shape index (κ3) is 3.01. The number of nitrogens with zero attached hydrogens (tertiary/aromatic N) is 1. The first-order chi connectivity index (χ1) is 8.95. The van der Waals surface area contributed by atoms with Gasteiger partial charge in [-0.15, -0.1) is 0 Å². The van der Waals surface area contributed by atoms with Crippen LogP contribution in [0.25, 0.3) is 0 Å². The molecule has 0 saturated carbocycles. The van der Waals surface area contributed by atoms with Gasteiger partial charge in [-0.1, -0.05) is 11.6 Å². The van der Waals surface area contributed by atoms with Crippen LogP contribution in [0.1, 0.15) is 30.1 Å². The van der Waals surface area contributed by atoms with Crippen LogP contribution in [0.3, 0.4) is 0 Å². The van der Waals surface area contributed by atoms with Crippen LogP contribution in [-0.4, -0.2) is 41.7 Å². The quantitative estimate of drug-likeness (QED) is 0.908. The largest absolute Gasteiger partial charge is 0.506 e. The first-order valence-electron chi connectivity index (χ1n) is 6.28. The summed E-state index contributed by atoms with van der Waals surface area (Å²) >= 11 is 5.83. The summed E-state index contributed by atoms with van der Waals surface area (Å²) in [5.41, 5.74) is 0.206. The van der Waals surface area contributed by atoms with Crippen molar-refractivity contribution in [1.29, 1.82) is 0 Å². The molecule has 1 aromatic carbocycles. The fraction of sp³-hybridized carbons (Fsp3) is 0.500. The highest BCUT2D eigenvalue weighted by molar-refractivity contribution is 6.32. The Morgan fingerprint density at radius 1 is 1.53 bits per heavy atom. The van der Waals surface area contributed by atoms with Crippen LogP contribution in [0.5, 0.6) is 5.75 Å². The summed E-state index contributed by atoms with van der Waals surface area (Å²) < 4.78 is 5.48. The molecule has 1 atom stereocenters. The highest BCUT2D eigenvalue weighted by atomic mass is 35.5. The lowest BCUT2D eigenvalue weighted by Gasteiger charge is -2.39. The van der Waals surface area contributed by atoms with Gasteiger partial charge >= 0.3 is 0 Å². The Hall–Kier alpha value is -1.26. The van der Waals surface area contributed by atoms with Crippen molar-refractivity contribution < 1.29 is 14.6 Å². The number of aromatic hydroxyl groups is 1. The molecule has 4 nitrogen and oxygen atoms in total. The average molecular weight is 284 g/mol. The fourth-order valence-corrected chi connectivity index (χ4v) is 2.55. The summed E-state index contributed by atoms with van der Waals surface area (Å²) in [5, 5.41) is 9.57. The van der Waals surface area contributed by atoms with Gasteiger partial charge in [0.1, 0.15) is 5.75 Å². The highest BCUT2D eigenvalue weighted by Crippen LogP contribution is 2.27. The van der Waals surface area contributed by atoms with Crippen LogP contribution in [0, 0.1) is 0 Å². The molecule has 0 radical (unpaired) electrons. The second-order valence-electron chi connectivity index (χ2n) is 5.15. The number of likely N-dealkylation sites (tertiary alicyclic amines) is 1. The van der Waals surface area contributed by atoms with Gasteiger partial charge in [-0.05, 0) is 38.0 Å². The minimum absolute atomic E-state index is 0.0152. The second-order valence-corrected chi connectivity index (χ2v) is 5.56. The van der Waals surface area contributed by atoms with Crippen molar-refractivity contribution >= 4 is 17.5 Å². The molecule has 0 spiro atoms. The number of benzene rings is 1. The van der Waals surface area contributed by atoms with E-state index < -0.39 is 0 Å². The third-order valence-electron chi connectivity index (χ3n) is 3.63. The Labute approximate surface area is 117 Å². The Bertz CT molecular complexity index is 492. The van der Waals surface area contributed by atoms with Gasteiger partial charge in [0.2, 0.25) is 0 Å². The number of phenolic OH excluding ortho intramolecular Hbond substituents is 1. The molecule has 19 heavy (non-hydrogen) atoms. The first kappa shape index (κ1) is 14.2. The van der Waals surface area contributed by atoms with Crippen molar-refractivity contribution in [3.8, 4) is 5.75 Å². The van der Waals surface area contributed by atoms with E-state index in [2.05, 4.69) is 0 Å². The van der Waals surface area contributed by atoms with E-state index in [1.54, 1.807) is 18.1 Å². The fourth-order valence-electron chi connectivity index (χ4n) is 2.37. The molecular formula is C14H18ClNO3. The lowest BCUT2D eigenvalue weighted by Crippen LogP contribution is -2.49. The normalized spacial score (nSPS) is 23.4. The highest BCUT2D eigenvalue weighted by Gasteiger charge is 2.33. The molecule has 1 aromatic rings. The van der Waals surface area contributed by atoms with Crippen LogP contribution < -0.4 is 0 Å². The van der Waals surface area contributed by atoms with Gasteiger partial charge in [0, 0.05) is 25.8 Å². The van der Waals surface area contributed by atoms with Gasteiger partial charge in [-0.2, -0.15) is 0 Å². The van der Waals surface area contributed by atoms with E-state index in [-0.39, 0.29) is 22.3 Å². The molecule has 1 amide bonds. The van der Waals surface area contributed by atoms with E-state index in [0.717, 1.165) is 19.4 Å². The van der Waals surface area contributed by atoms with Crippen molar-refractivity contribution in [3.05, 3.63) is 28.8 Å². The van der Waals surface area contributed by atoms with E-state index in [4.69, 9.17) is 16.3 Å². The zero-order valence-electron chi connectivity index (χ0n) is 11.1. The molecule has 1 saturated heterocycles. The average Bonchev–Trinajstić information content (AvgIpc) is 2.41. The summed E-state index contributed by atoms with van der Waals surface area (Å²) in [7, 11) is 1.67. The topological polar surface area (TPSA) is 49.8 Å². The molecule has 0 bridgehead atoms. The van der Waals surface area contributed by atoms with Gasteiger partial charge < -0.3 is 14.7 Å². The Morgan fingerprint density at radius 2 is 2.26 bits per heavy atom. The Kier molecular flexibility index (Phi) is 4.02. The van der Waals surface area contributed by atoms with E-state index in [1.165, 1.54) is 12.1 Å². The minimum Gasteiger partial charge on any atom is -0.506 e. The molecule has 5 heteroatoms. The number of carbonyl (C=O) groups is 1. The van der Waals surface area contributed by atoms with E-state index >= 15 is 0 Å². The molecular weight excluding hydrogens is 266 g/mol. The van der Waals surface area contributed by atoms with Crippen molar-refractivity contribution in [3.63, 3.8) is 0 Å². The first-order valence-corrected chi connectivity index (χ1v) is 6.66. The van der Waals surface area contributed by atoms with Crippen LogP contribution in [0.15, 0.2) is 18.2 Å². The summed E-state index contributed by atoms with van der Waals surface area (Å²) in [4.78, 5) is 14.2. The molecule has 1 aliphatic heterocycles. The third-order valence-corrected chi connectivity index (χ3v) is 3.94. The van der Waals surface area contributed by atoms with Crippen LogP contribution in [0.2, 0.25) is 5.02 Å².